The van der Waals surface area contributed by atoms with Crippen LogP contribution in [-0.4, -0.2) is 126 Å². The molecule has 22 heteroatoms. The van der Waals surface area contributed by atoms with Gasteiger partial charge < -0.3 is 44.2 Å². The number of aromatic hydroxyl groups is 3. The number of phenolic OH excluding ortho intramolecular Hbond substituents is 3. The van der Waals surface area contributed by atoms with Crippen LogP contribution in [0, 0.1) is 31.6 Å². The first-order valence-electron chi connectivity index (χ1n) is 36.2. The first-order valence-corrected chi connectivity index (χ1v) is 39.0. The van der Waals surface area contributed by atoms with Crippen LogP contribution in [-0.2, 0) is 25.4 Å². The second-order valence-corrected chi connectivity index (χ2v) is 31.7. The highest BCUT2D eigenvalue weighted by atomic mass is 35.5. The van der Waals surface area contributed by atoms with Gasteiger partial charge in [-0.3, -0.25) is 27.6 Å². The zero-order valence-corrected chi connectivity index (χ0v) is 63.1. The summed E-state index contributed by atoms with van der Waals surface area (Å²) in [6.45, 7) is 11.3. The fraction of sp³-hybridized carbons (Fsp3) is 0.276. The van der Waals surface area contributed by atoms with Gasteiger partial charge in [0.15, 0.2) is 17.2 Å². The Kier molecular flexibility index (Phi) is 24.9. The van der Waals surface area contributed by atoms with E-state index in [-0.39, 0.29) is 77.0 Å². The Bertz CT molecular complexity index is 5170. The first kappa shape index (κ1) is 77.6. The molecule has 12 nitrogen and oxygen atoms in total. The number of nitrogens with zero attached hydrogens (tertiary/aromatic N) is 3. The van der Waals surface area contributed by atoms with Crippen LogP contribution in [0.4, 0.5) is 26.3 Å². The molecular formula is C87H80ClF6N3O9S3. The number of carbonyl (C=O) groups excluding carboxylic acids is 3. The maximum Gasteiger partial charge on any atom is 0.416 e. The number of aryl methyl sites for hydroxylation is 5. The van der Waals surface area contributed by atoms with Gasteiger partial charge in [-0.15, -0.1) is 34.0 Å². The highest BCUT2D eigenvalue weighted by molar-refractivity contribution is 7.22. The van der Waals surface area contributed by atoms with Crippen LogP contribution in [0.5, 0.6) is 51.7 Å². The number of hydrogen-bond acceptors (Lipinski definition) is 15. The molecule has 3 fully saturated rings. The lowest BCUT2D eigenvalue weighted by Gasteiger charge is -2.37. The van der Waals surface area contributed by atoms with Crippen LogP contribution >= 0.6 is 45.6 Å². The molecule has 0 unspecified atom stereocenters. The van der Waals surface area contributed by atoms with E-state index < -0.39 is 17.5 Å². The Morgan fingerprint density at radius 2 is 0.761 bits per heavy atom. The van der Waals surface area contributed by atoms with Crippen LogP contribution in [0.1, 0.15) is 98.3 Å². The molecule has 0 aliphatic carbocycles. The first-order chi connectivity index (χ1) is 52.6. The average Bonchev–Trinajstić information content (AvgIpc) is 1.64. The summed E-state index contributed by atoms with van der Waals surface area (Å²) in [5, 5.41) is 32.6. The van der Waals surface area contributed by atoms with Gasteiger partial charge >= 0.3 is 6.18 Å². The number of fused-ring (bicyclic) bond motifs is 3. The van der Waals surface area contributed by atoms with Crippen molar-refractivity contribution in [1.29, 1.82) is 0 Å². The average molecular weight is 1560 g/mol. The normalized spacial score (nSPS) is 14.3. The van der Waals surface area contributed by atoms with E-state index in [1.807, 2.05) is 92.7 Å². The van der Waals surface area contributed by atoms with Gasteiger partial charge in [-0.25, -0.2) is 0 Å². The predicted molar refractivity (Wildman–Crippen MR) is 422 cm³/mol. The standard InChI is InChI=1S/C30H30FNO3S.C29H25F4NO3S.C28H25ClFNO3S/c1-19-5-6-20(2)26(14-19)28(34)30-29(25-12-9-23(33)15-27(25)36-30)35-24-10-7-21(8-11-24)4-3-13-32-17-22(16-31)18-32;30-15-19-16-34(17-19)13-1-2-18-3-10-23(11-4-18)37-27-24-12-9-22(35)14-25(24)38-28(27)26(36)20-5-7-21(8-6-20)29(31,32)33;29-21-7-5-20(6-8-21)26(33)28-27(24-12-9-22(32)14-25(24)35-28)34-23-10-3-18(4-11-23)2-1-13-31-16-19(15-30)17-31/h5-12,14-15,22,33H,3-4,13,16-18H2,1-2H3;3-12,14,19,35H,1-2,13,15-17H2;3-12,14,19,32H,1-2,13,15-17H2. The van der Waals surface area contributed by atoms with Crippen molar-refractivity contribution in [2.24, 2.45) is 17.8 Å². The highest BCUT2D eigenvalue weighted by Crippen LogP contribution is 2.47. The van der Waals surface area contributed by atoms with Crippen molar-refractivity contribution >= 4 is 93.2 Å². The summed E-state index contributed by atoms with van der Waals surface area (Å²) in [6, 6.07) is 54.9. The fourth-order valence-electron chi connectivity index (χ4n) is 13.6. The van der Waals surface area contributed by atoms with Gasteiger partial charge in [0.2, 0.25) is 17.3 Å². The van der Waals surface area contributed by atoms with Gasteiger partial charge in [0.25, 0.3) is 0 Å². The van der Waals surface area contributed by atoms with E-state index in [9.17, 15) is 56.0 Å². The maximum absolute atomic E-state index is 13.6. The SMILES string of the molecule is Cc1ccc(C)c(C(=O)c2sc3cc(O)ccc3c2Oc2ccc(CCCN3CC(CF)C3)cc2)c1.O=C(c1ccc(C(F)(F)F)cc1)c1sc2cc(O)ccc2c1Oc1ccc(CCCN2CC(CF)C2)cc1.O=C(c1ccc(Cl)cc1)c1sc2cc(O)ccc2c1Oc1ccc(CCCN2CC(CF)C2)cc1. The maximum atomic E-state index is 13.6. The number of hydrogen-bond donors (Lipinski definition) is 3. The minimum Gasteiger partial charge on any atom is -0.508 e. The van der Waals surface area contributed by atoms with Crippen molar-refractivity contribution in [1.82, 2.24) is 14.7 Å². The number of rotatable bonds is 27. The number of ketones is 3. The molecule has 3 aromatic heterocycles. The summed E-state index contributed by atoms with van der Waals surface area (Å²) in [5.74, 6) is 3.36. The Morgan fingerprint density at radius 1 is 0.431 bits per heavy atom. The van der Waals surface area contributed by atoms with E-state index in [1.165, 1.54) is 45.9 Å². The Balaban J connectivity index is 0.000000144. The van der Waals surface area contributed by atoms with E-state index >= 15 is 0 Å². The van der Waals surface area contributed by atoms with Gasteiger partial charge in [0, 0.05) is 109 Å². The van der Waals surface area contributed by atoms with Crippen LogP contribution in [0.15, 0.2) is 194 Å². The van der Waals surface area contributed by atoms with Crippen molar-refractivity contribution in [3.8, 4) is 51.7 Å². The molecule has 3 aliphatic heterocycles. The number of alkyl halides is 6. The van der Waals surface area contributed by atoms with Crippen molar-refractivity contribution in [2.45, 2.75) is 58.5 Å². The van der Waals surface area contributed by atoms with Gasteiger partial charge in [0.05, 0.1) is 25.6 Å². The monoisotopic (exact) mass is 1560 g/mol. The quantitative estimate of drug-likeness (QED) is 0.0332. The molecule has 109 heavy (non-hydrogen) atoms. The number of carbonyl (C=O) groups is 3. The molecule has 3 N–H and O–H groups in total. The van der Waals surface area contributed by atoms with E-state index in [0.717, 1.165) is 170 Å². The fourth-order valence-corrected chi connectivity index (χ4v) is 17.1. The lowest BCUT2D eigenvalue weighted by atomic mass is 10.0. The molecule has 15 rings (SSSR count). The third-order valence-electron chi connectivity index (χ3n) is 19.7. The molecule has 0 bridgehead atoms. The van der Waals surface area contributed by atoms with Crippen molar-refractivity contribution < 1.29 is 70.3 Å². The predicted octanol–water partition coefficient (Wildman–Crippen LogP) is 21.7. The number of phenols is 3. The lowest BCUT2D eigenvalue weighted by Crippen LogP contribution is -2.47. The smallest absolute Gasteiger partial charge is 0.416 e. The van der Waals surface area contributed by atoms with Gasteiger partial charge in [0.1, 0.15) is 49.1 Å². The minimum absolute atomic E-state index is 0.0293. The summed E-state index contributed by atoms with van der Waals surface area (Å²) < 4.78 is 97.6. The number of likely N-dealkylation sites (tertiary alicyclic amines) is 3. The van der Waals surface area contributed by atoms with Gasteiger partial charge in [-0.2, -0.15) is 13.2 Å². The summed E-state index contributed by atoms with van der Waals surface area (Å²) in [5.41, 5.74) is 5.94. The largest absolute Gasteiger partial charge is 0.508 e. The second-order valence-electron chi connectivity index (χ2n) is 28.1. The van der Waals surface area contributed by atoms with Crippen molar-refractivity contribution in [2.75, 3.05) is 78.9 Å². The molecule has 0 atom stereocenters. The molecule has 3 saturated heterocycles. The summed E-state index contributed by atoms with van der Waals surface area (Å²) in [4.78, 5) is 48.3. The zero-order valence-electron chi connectivity index (χ0n) is 59.9. The lowest BCUT2D eigenvalue weighted by molar-refractivity contribution is -0.137. The van der Waals surface area contributed by atoms with Crippen LogP contribution in [0.3, 0.4) is 0 Å². The molecule has 9 aromatic carbocycles. The number of benzene rings is 9. The third kappa shape index (κ3) is 19.2. The van der Waals surface area contributed by atoms with Crippen LogP contribution in [0.2, 0.25) is 5.02 Å². The summed E-state index contributed by atoms with van der Waals surface area (Å²) >= 11 is 9.73. The highest BCUT2D eigenvalue weighted by Gasteiger charge is 2.33. The van der Waals surface area contributed by atoms with E-state index in [0.29, 0.717) is 70.5 Å². The Hall–Kier alpha value is -9.58. The molecule has 0 amide bonds. The molecular weight excluding hydrogens is 1480 g/mol. The van der Waals surface area contributed by atoms with E-state index in [4.69, 9.17) is 25.8 Å². The molecule has 0 spiro atoms. The molecule has 564 valence electrons. The zero-order chi connectivity index (χ0) is 76.5. The number of thiophene rings is 3. The van der Waals surface area contributed by atoms with Crippen LogP contribution in [0.25, 0.3) is 30.3 Å². The Labute approximate surface area is 644 Å². The van der Waals surface area contributed by atoms with Gasteiger partial charge in [-0.1, -0.05) is 77.8 Å². The van der Waals surface area contributed by atoms with Crippen molar-refractivity contribution in [3.63, 3.8) is 0 Å². The molecule has 6 heterocycles. The molecule has 3 aliphatic rings. The second kappa shape index (κ2) is 35.0. The summed E-state index contributed by atoms with van der Waals surface area (Å²) in [6.07, 6.45) is 1.29. The third-order valence-corrected chi connectivity index (χ3v) is 23.4. The molecule has 0 radical (unpaired) electrons. The van der Waals surface area contributed by atoms with Crippen molar-refractivity contribution in [3.05, 3.63) is 264 Å². The molecule has 12 aromatic rings. The number of ether oxygens (including phenoxy) is 3. The van der Waals surface area contributed by atoms with Crippen LogP contribution < -0.4 is 14.2 Å². The van der Waals surface area contributed by atoms with Gasteiger partial charge in [-0.05, 0) is 228 Å². The summed E-state index contributed by atoms with van der Waals surface area (Å²) in [7, 11) is 0. The minimum atomic E-state index is -4.50. The molecule has 0 saturated carbocycles. The number of halogens is 7. The Morgan fingerprint density at radius 3 is 1.09 bits per heavy atom. The topological polar surface area (TPSA) is 149 Å². The van der Waals surface area contributed by atoms with E-state index in [2.05, 4.69) is 26.8 Å². The van der Waals surface area contributed by atoms with E-state index in [1.54, 1.807) is 66.7 Å².